The molecule has 2 fully saturated rings. The maximum Gasteiger partial charge on any atom is 0.233 e. The van der Waals surface area contributed by atoms with Crippen LogP contribution in [0.3, 0.4) is 0 Å². The van der Waals surface area contributed by atoms with Gasteiger partial charge in [-0.2, -0.15) is 0 Å². The van der Waals surface area contributed by atoms with Gasteiger partial charge in [-0.05, 0) is 36.1 Å². The van der Waals surface area contributed by atoms with Gasteiger partial charge in [-0.25, -0.2) is 0 Å². The van der Waals surface area contributed by atoms with Crippen molar-refractivity contribution >= 4 is 34.2 Å². The highest BCUT2D eigenvalue weighted by molar-refractivity contribution is 9.10. The molecule has 2 aliphatic rings. The molecule has 0 unspecified atom stereocenters. The highest BCUT2D eigenvalue weighted by Crippen LogP contribution is 2.50. The summed E-state index contributed by atoms with van der Waals surface area (Å²) in [7, 11) is 0. The smallest absolute Gasteiger partial charge is 0.233 e. The van der Waals surface area contributed by atoms with Crippen LogP contribution in [0.15, 0.2) is 59.1 Å². The fraction of sp³-hybridized carbons (Fsp3) is 0.350. The zero-order valence-electron chi connectivity index (χ0n) is 13.9. The van der Waals surface area contributed by atoms with E-state index in [0.29, 0.717) is 6.54 Å². The third-order valence-corrected chi connectivity index (χ3v) is 5.91. The number of hydrogen-bond donors (Lipinski definition) is 1. The van der Waals surface area contributed by atoms with Gasteiger partial charge in [-0.3, -0.25) is 4.79 Å². The van der Waals surface area contributed by atoms with Crippen LogP contribution in [0.5, 0.6) is 0 Å². The van der Waals surface area contributed by atoms with Gasteiger partial charge in [0.05, 0.1) is 5.41 Å². The first-order valence-corrected chi connectivity index (χ1v) is 9.25. The molecule has 1 heterocycles. The van der Waals surface area contributed by atoms with Gasteiger partial charge in [0.2, 0.25) is 5.91 Å². The van der Waals surface area contributed by atoms with Crippen LogP contribution in [0.4, 0.5) is 0 Å². The Kier molecular flexibility index (Phi) is 5.24. The number of nitrogens with two attached hydrogens (primary N) is 1. The fourth-order valence-corrected chi connectivity index (χ4v) is 4.29. The molecule has 1 aliphatic heterocycles. The van der Waals surface area contributed by atoms with Crippen LogP contribution in [0.25, 0.3) is 0 Å². The van der Waals surface area contributed by atoms with E-state index in [9.17, 15) is 4.79 Å². The Bertz CT molecular complexity index is 763. The van der Waals surface area contributed by atoms with Crippen LogP contribution < -0.4 is 5.73 Å². The van der Waals surface area contributed by atoms with E-state index in [2.05, 4.69) is 40.2 Å². The molecule has 2 aromatic rings. The summed E-state index contributed by atoms with van der Waals surface area (Å²) in [5, 5.41) is 0. The number of halogens is 2. The second-order valence-electron chi connectivity index (χ2n) is 6.98. The average molecular weight is 422 g/mol. The topological polar surface area (TPSA) is 46.3 Å². The monoisotopic (exact) mass is 420 g/mol. The quantitative estimate of drug-likeness (QED) is 0.818. The van der Waals surface area contributed by atoms with E-state index in [4.69, 9.17) is 5.73 Å². The summed E-state index contributed by atoms with van der Waals surface area (Å²) in [5.41, 5.74) is 8.39. The summed E-state index contributed by atoms with van der Waals surface area (Å²) in [5.74, 6) is 0.475. The molecule has 0 bridgehead atoms. The Morgan fingerprint density at radius 1 is 1.08 bits per heavy atom. The fourth-order valence-electron chi connectivity index (χ4n) is 3.89. The molecule has 2 atom stereocenters. The van der Waals surface area contributed by atoms with Crippen molar-refractivity contribution in [3.05, 3.63) is 70.2 Å². The van der Waals surface area contributed by atoms with Crippen molar-refractivity contribution in [1.82, 2.24) is 4.90 Å². The molecule has 1 saturated carbocycles. The van der Waals surface area contributed by atoms with Crippen LogP contribution in [0.2, 0.25) is 0 Å². The zero-order chi connectivity index (χ0) is 16.7. The first-order valence-electron chi connectivity index (χ1n) is 8.46. The van der Waals surface area contributed by atoms with Gasteiger partial charge in [0.25, 0.3) is 0 Å². The second-order valence-corrected chi connectivity index (χ2v) is 7.90. The lowest BCUT2D eigenvalue weighted by atomic mass is 9.94. The van der Waals surface area contributed by atoms with Crippen LogP contribution in [-0.2, 0) is 10.2 Å². The standard InChI is InChI=1S/C20H21BrN2O.ClH/c21-16-8-4-7-15(11-16)20(9-10-20)19(24)23-12-17(18(22)13-23)14-5-2-1-3-6-14;/h1-8,11,17-18H,9-10,12-13,22H2;1H/t17-,18+;/m0./s1. The molecule has 5 heteroatoms. The van der Waals surface area contributed by atoms with E-state index in [-0.39, 0.29) is 35.7 Å². The van der Waals surface area contributed by atoms with Crippen LogP contribution in [0, 0.1) is 0 Å². The predicted molar refractivity (Wildman–Crippen MR) is 106 cm³/mol. The minimum atomic E-state index is -0.324. The summed E-state index contributed by atoms with van der Waals surface area (Å²) in [4.78, 5) is 15.2. The van der Waals surface area contributed by atoms with E-state index < -0.39 is 0 Å². The lowest BCUT2D eigenvalue weighted by molar-refractivity contribution is -0.133. The van der Waals surface area contributed by atoms with Crippen molar-refractivity contribution in [2.24, 2.45) is 5.73 Å². The highest BCUT2D eigenvalue weighted by atomic mass is 79.9. The Morgan fingerprint density at radius 2 is 1.80 bits per heavy atom. The van der Waals surface area contributed by atoms with Gasteiger partial charge in [0, 0.05) is 29.5 Å². The molecule has 0 spiro atoms. The third kappa shape index (κ3) is 3.35. The molecule has 132 valence electrons. The lowest BCUT2D eigenvalue weighted by Gasteiger charge is -2.24. The first kappa shape index (κ1) is 18.4. The van der Waals surface area contributed by atoms with Crippen LogP contribution in [0.1, 0.15) is 29.9 Å². The number of hydrogen-bond acceptors (Lipinski definition) is 2. The number of benzene rings is 2. The third-order valence-electron chi connectivity index (χ3n) is 5.42. The zero-order valence-corrected chi connectivity index (χ0v) is 16.3. The second kappa shape index (κ2) is 7.10. The molecule has 0 radical (unpaired) electrons. The van der Waals surface area contributed by atoms with Crippen LogP contribution in [-0.4, -0.2) is 29.9 Å². The molecule has 1 amide bonds. The number of amides is 1. The van der Waals surface area contributed by atoms with Gasteiger partial charge in [0.15, 0.2) is 0 Å². The number of likely N-dealkylation sites (tertiary alicyclic amines) is 1. The van der Waals surface area contributed by atoms with Crippen molar-refractivity contribution < 1.29 is 4.79 Å². The minimum Gasteiger partial charge on any atom is -0.340 e. The van der Waals surface area contributed by atoms with Gasteiger partial charge in [0.1, 0.15) is 0 Å². The summed E-state index contributed by atoms with van der Waals surface area (Å²) in [6.07, 6.45) is 1.87. The SMILES string of the molecule is Cl.N[C@@H]1CN(C(=O)C2(c3cccc(Br)c3)CC2)C[C@H]1c1ccccc1. The Morgan fingerprint density at radius 3 is 2.44 bits per heavy atom. The lowest BCUT2D eigenvalue weighted by Crippen LogP contribution is -2.39. The molecule has 2 aromatic carbocycles. The number of carbonyl (C=O) groups is 1. The van der Waals surface area contributed by atoms with E-state index in [1.165, 1.54) is 5.56 Å². The van der Waals surface area contributed by atoms with Gasteiger partial charge in [-0.15, -0.1) is 12.4 Å². The summed E-state index contributed by atoms with van der Waals surface area (Å²) < 4.78 is 1.03. The van der Waals surface area contributed by atoms with Gasteiger partial charge < -0.3 is 10.6 Å². The molecule has 3 nitrogen and oxygen atoms in total. The first-order chi connectivity index (χ1) is 11.6. The van der Waals surface area contributed by atoms with Crippen molar-refractivity contribution in [1.29, 1.82) is 0 Å². The number of carbonyl (C=O) groups excluding carboxylic acids is 1. The average Bonchev–Trinajstić information content (AvgIpc) is 3.32. The molecule has 1 aliphatic carbocycles. The molecule has 4 rings (SSSR count). The maximum absolute atomic E-state index is 13.2. The Hall–Kier alpha value is -1.36. The molecular weight excluding hydrogens is 400 g/mol. The predicted octanol–water partition coefficient (Wildman–Crippen LogP) is 3.86. The normalized spacial score (nSPS) is 23.8. The Balaban J connectivity index is 0.00000182. The highest BCUT2D eigenvalue weighted by Gasteiger charge is 2.54. The van der Waals surface area contributed by atoms with Crippen LogP contribution >= 0.6 is 28.3 Å². The molecule has 0 aromatic heterocycles. The number of rotatable bonds is 3. The van der Waals surface area contributed by atoms with Crippen molar-refractivity contribution in [3.8, 4) is 0 Å². The molecule has 25 heavy (non-hydrogen) atoms. The summed E-state index contributed by atoms with van der Waals surface area (Å²) >= 11 is 3.52. The number of nitrogens with zero attached hydrogens (tertiary/aromatic N) is 1. The van der Waals surface area contributed by atoms with Gasteiger partial charge >= 0.3 is 0 Å². The summed E-state index contributed by atoms with van der Waals surface area (Å²) in [6, 6.07) is 18.5. The van der Waals surface area contributed by atoms with Gasteiger partial charge in [-0.1, -0.05) is 58.4 Å². The maximum atomic E-state index is 13.2. The minimum absolute atomic E-state index is 0. The molecule has 1 saturated heterocycles. The molecule has 2 N–H and O–H groups in total. The molecular formula is C20H22BrClN2O. The summed E-state index contributed by atoms with van der Waals surface area (Å²) in [6.45, 7) is 1.37. The van der Waals surface area contributed by atoms with E-state index >= 15 is 0 Å². The largest absolute Gasteiger partial charge is 0.340 e. The Labute approximate surface area is 163 Å². The van der Waals surface area contributed by atoms with Crippen molar-refractivity contribution in [3.63, 3.8) is 0 Å². The van der Waals surface area contributed by atoms with Crippen molar-refractivity contribution in [2.75, 3.05) is 13.1 Å². The van der Waals surface area contributed by atoms with E-state index in [1.807, 2.05) is 35.2 Å². The van der Waals surface area contributed by atoms with Crippen molar-refractivity contribution in [2.45, 2.75) is 30.2 Å². The van der Waals surface area contributed by atoms with E-state index in [0.717, 1.165) is 29.4 Å². The van der Waals surface area contributed by atoms with E-state index in [1.54, 1.807) is 0 Å².